The van der Waals surface area contributed by atoms with Gasteiger partial charge in [0.2, 0.25) is 0 Å². The van der Waals surface area contributed by atoms with Gasteiger partial charge in [0.05, 0.1) is 22.8 Å². The van der Waals surface area contributed by atoms with E-state index in [1.54, 1.807) is 12.1 Å². The number of hydrogen-bond donors (Lipinski definition) is 0. The summed E-state index contributed by atoms with van der Waals surface area (Å²) in [6.07, 6.45) is 1.41. The Labute approximate surface area is 111 Å². The number of benzene rings is 1. The smallest absolute Gasteiger partial charge is 0.339 e. The van der Waals surface area contributed by atoms with Crippen LogP contribution in [0, 0.1) is 0 Å². The molecule has 0 bridgehead atoms. The van der Waals surface area contributed by atoms with Crippen molar-refractivity contribution in [3.05, 3.63) is 35.2 Å². The summed E-state index contributed by atoms with van der Waals surface area (Å²) in [7, 11) is 1.36. The van der Waals surface area contributed by atoms with Crippen molar-refractivity contribution in [3.63, 3.8) is 0 Å². The van der Waals surface area contributed by atoms with Crippen LogP contribution in [0.3, 0.4) is 0 Å². The lowest BCUT2D eigenvalue weighted by Gasteiger charge is -2.00. The SMILES string of the molecule is COC(=O)c1cccc2c1sc1ncnc(Cl)c12. The third-order valence-corrected chi connectivity index (χ3v) is 4.09. The Morgan fingerprint density at radius 1 is 1.39 bits per heavy atom. The van der Waals surface area contributed by atoms with Gasteiger partial charge in [-0.25, -0.2) is 14.8 Å². The number of rotatable bonds is 1. The van der Waals surface area contributed by atoms with Crippen molar-refractivity contribution in [3.8, 4) is 0 Å². The van der Waals surface area contributed by atoms with E-state index in [2.05, 4.69) is 9.97 Å². The highest BCUT2D eigenvalue weighted by Crippen LogP contribution is 2.37. The van der Waals surface area contributed by atoms with Gasteiger partial charge in [-0.05, 0) is 6.07 Å². The lowest BCUT2D eigenvalue weighted by molar-refractivity contribution is 0.0603. The summed E-state index contributed by atoms with van der Waals surface area (Å²) in [6.45, 7) is 0. The van der Waals surface area contributed by atoms with Gasteiger partial charge in [0.25, 0.3) is 0 Å². The number of carbonyl (C=O) groups excluding carboxylic acids is 1. The Morgan fingerprint density at radius 2 is 2.22 bits per heavy atom. The molecule has 90 valence electrons. The quantitative estimate of drug-likeness (QED) is 0.506. The fourth-order valence-corrected chi connectivity index (χ4v) is 3.30. The average molecular weight is 279 g/mol. The van der Waals surface area contributed by atoms with Gasteiger partial charge in [0.1, 0.15) is 16.3 Å². The highest BCUT2D eigenvalue weighted by molar-refractivity contribution is 7.25. The number of fused-ring (bicyclic) bond motifs is 3. The van der Waals surface area contributed by atoms with Crippen LogP contribution in [0.2, 0.25) is 5.15 Å². The summed E-state index contributed by atoms with van der Waals surface area (Å²) in [5, 5.41) is 2.06. The van der Waals surface area contributed by atoms with Crippen LogP contribution in [0.25, 0.3) is 20.3 Å². The normalized spacial score (nSPS) is 11.0. The minimum absolute atomic E-state index is 0.365. The molecule has 0 fully saturated rings. The molecule has 0 atom stereocenters. The monoisotopic (exact) mass is 278 g/mol. The number of carbonyl (C=O) groups is 1. The molecule has 0 aliphatic rings. The van der Waals surface area contributed by atoms with Gasteiger partial charge in [-0.3, -0.25) is 0 Å². The predicted molar refractivity (Wildman–Crippen MR) is 71.3 cm³/mol. The summed E-state index contributed by atoms with van der Waals surface area (Å²) >= 11 is 7.49. The number of aromatic nitrogens is 2. The Morgan fingerprint density at radius 3 is 3.00 bits per heavy atom. The Kier molecular flexibility index (Phi) is 2.65. The Hall–Kier alpha value is -1.72. The number of hydrogen-bond acceptors (Lipinski definition) is 5. The van der Waals surface area contributed by atoms with Crippen molar-refractivity contribution in [1.29, 1.82) is 0 Å². The molecule has 0 N–H and O–H groups in total. The zero-order valence-corrected chi connectivity index (χ0v) is 10.9. The standard InChI is InChI=1S/C12H7ClN2O2S/c1-17-12(16)7-4-2-3-6-8-10(13)14-5-15-11(8)18-9(6)7/h2-5H,1H3. The van der Waals surface area contributed by atoms with Gasteiger partial charge >= 0.3 is 5.97 Å². The van der Waals surface area contributed by atoms with Crippen LogP contribution in [-0.2, 0) is 4.74 Å². The van der Waals surface area contributed by atoms with Crippen LogP contribution >= 0.6 is 22.9 Å². The van der Waals surface area contributed by atoms with Gasteiger partial charge in [0.15, 0.2) is 0 Å². The first-order valence-electron chi connectivity index (χ1n) is 5.12. The third-order valence-electron chi connectivity index (χ3n) is 2.65. The van der Waals surface area contributed by atoms with E-state index in [4.69, 9.17) is 16.3 Å². The highest BCUT2D eigenvalue weighted by atomic mass is 35.5. The van der Waals surface area contributed by atoms with Gasteiger partial charge in [-0.1, -0.05) is 23.7 Å². The molecule has 2 heterocycles. The number of methoxy groups -OCH3 is 1. The number of thiophene rings is 1. The second-order valence-electron chi connectivity index (χ2n) is 3.62. The minimum atomic E-state index is -0.365. The topological polar surface area (TPSA) is 52.1 Å². The molecule has 0 aliphatic heterocycles. The van der Waals surface area contributed by atoms with E-state index in [1.165, 1.54) is 24.8 Å². The Bertz CT molecular complexity index is 769. The molecule has 0 aliphatic carbocycles. The van der Waals surface area contributed by atoms with Gasteiger partial charge in [-0.2, -0.15) is 0 Å². The molecule has 6 heteroatoms. The molecule has 3 aromatic rings. The van der Waals surface area contributed by atoms with E-state index in [1.807, 2.05) is 6.07 Å². The first-order chi connectivity index (χ1) is 8.72. The average Bonchev–Trinajstić information content (AvgIpc) is 2.77. The van der Waals surface area contributed by atoms with Crippen LogP contribution in [0.15, 0.2) is 24.5 Å². The molecule has 0 saturated heterocycles. The predicted octanol–water partition coefficient (Wildman–Crippen LogP) is 3.28. The van der Waals surface area contributed by atoms with Gasteiger partial charge < -0.3 is 4.74 Å². The van der Waals surface area contributed by atoms with Crippen LogP contribution < -0.4 is 0 Å². The molecule has 0 saturated carbocycles. The molecular formula is C12H7ClN2O2S. The van der Waals surface area contributed by atoms with Crippen molar-refractivity contribution >= 4 is 49.2 Å². The first-order valence-corrected chi connectivity index (χ1v) is 6.32. The number of nitrogens with zero attached hydrogens (tertiary/aromatic N) is 2. The summed E-state index contributed by atoms with van der Waals surface area (Å²) in [5.74, 6) is -0.365. The van der Waals surface area contributed by atoms with Crippen LogP contribution in [0.4, 0.5) is 0 Å². The van der Waals surface area contributed by atoms with Gasteiger partial charge in [0, 0.05) is 5.39 Å². The van der Waals surface area contributed by atoms with Crippen molar-refractivity contribution < 1.29 is 9.53 Å². The molecule has 0 unspecified atom stereocenters. The fraction of sp³-hybridized carbons (Fsp3) is 0.0833. The van der Waals surface area contributed by atoms with E-state index in [0.29, 0.717) is 10.7 Å². The second kappa shape index (κ2) is 4.19. The lowest BCUT2D eigenvalue weighted by Crippen LogP contribution is -2.00. The fourth-order valence-electron chi connectivity index (χ4n) is 1.86. The number of halogens is 1. The summed E-state index contributed by atoms with van der Waals surface area (Å²) < 4.78 is 5.59. The van der Waals surface area contributed by atoms with Crippen molar-refractivity contribution in [2.75, 3.05) is 7.11 Å². The third kappa shape index (κ3) is 1.55. The highest BCUT2D eigenvalue weighted by Gasteiger charge is 2.16. The van der Waals surface area contributed by atoms with Crippen molar-refractivity contribution in [2.45, 2.75) is 0 Å². The van der Waals surface area contributed by atoms with E-state index in [-0.39, 0.29) is 5.97 Å². The summed E-state index contributed by atoms with van der Waals surface area (Å²) in [4.78, 5) is 20.6. The molecule has 0 spiro atoms. The van der Waals surface area contributed by atoms with E-state index in [9.17, 15) is 4.79 Å². The lowest BCUT2D eigenvalue weighted by atomic mass is 10.1. The first kappa shape index (κ1) is 11.4. The number of ether oxygens (including phenoxy) is 1. The largest absolute Gasteiger partial charge is 0.465 e. The molecule has 1 aromatic carbocycles. The van der Waals surface area contributed by atoms with Gasteiger partial charge in [-0.15, -0.1) is 11.3 Å². The maximum absolute atomic E-state index is 11.7. The molecule has 18 heavy (non-hydrogen) atoms. The van der Waals surface area contributed by atoms with Crippen LogP contribution in [0.1, 0.15) is 10.4 Å². The van der Waals surface area contributed by atoms with Crippen molar-refractivity contribution in [2.24, 2.45) is 0 Å². The van der Waals surface area contributed by atoms with E-state index < -0.39 is 0 Å². The zero-order valence-electron chi connectivity index (χ0n) is 9.31. The van der Waals surface area contributed by atoms with Crippen LogP contribution in [-0.4, -0.2) is 23.0 Å². The zero-order chi connectivity index (χ0) is 12.7. The van der Waals surface area contributed by atoms with Crippen molar-refractivity contribution in [1.82, 2.24) is 9.97 Å². The second-order valence-corrected chi connectivity index (χ2v) is 4.98. The molecule has 0 radical (unpaired) electrons. The molecular weight excluding hydrogens is 272 g/mol. The Balaban J connectivity index is 2.47. The maximum Gasteiger partial charge on any atom is 0.339 e. The number of esters is 1. The molecule has 4 nitrogen and oxygen atoms in total. The minimum Gasteiger partial charge on any atom is -0.465 e. The summed E-state index contributed by atoms with van der Waals surface area (Å²) in [5.41, 5.74) is 0.522. The molecule has 2 aromatic heterocycles. The summed E-state index contributed by atoms with van der Waals surface area (Å²) in [6, 6.07) is 5.42. The van der Waals surface area contributed by atoms with E-state index >= 15 is 0 Å². The molecule has 3 rings (SSSR count). The van der Waals surface area contributed by atoms with E-state index in [0.717, 1.165) is 20.3 Å². The maximum atomic E-state index is 11.7. The van der Waals surface area contributed by atoms with Crippen LogP contribution in [0.5, 0.6) is 0 Å². The molecule has 0 amide bonds.